The number of amides is 6. The maximum Gasteiger partial charge on any atom is 0.323 e. The van der Waals surface area contributed by atoms with E-state index in [0.717, 1.165) is 5.56 Å². The summed E-state index contributed by atoms with van der Waals surface area (Å²) in [5, 5.41) is 19.8. The predicted molar refractivity (Wildman–Crippen MR) is 151 cm³/mol. The molecule has 0 aromatic heterocycles. The zero-order valence-corrected chi connectivity index (χ0v) is 21.9. The number of urea groups is 2. The molecule has 4 rings (SSSR count). The van der Waals surface area contributed by atoms with E-state index in [-0.39, 0.29) is 31.0 Å². The van der Waals surface area contributed by atoms with E-state index in [4.69, 9.17) is 5.11 Å². The minimum atomic E-state index is -1.08. The van der Waals surface area contributed by atoms with Gasteiger partial charge < -0.3 is 36.2 Å². The van der Waals surface area contributed by atoms with E-state index in [2.05, 4.69) is 21.3 Å². The van der Waals surface area contributed by atoms with Crippen LogP contribution in [0.25, 0.3) is 0 Å². The van der Waals surface area contributed by atoms with Gasteiger partial charge in [-0.05, 0) is 61.0 Å². The van der Waals surface area contributed by atoms with Crippen LogP contribution in [0.3, 0.4) is 0 Å². The van der Waals surface area contributed by atoms with Gasteiger partial charge in [-0.15, -0.1) is 0 Å². The Morgan fingerprint density at radius 3 is 2.02 bits per heavy atom. The number of fused-ring (bicyclic) bond motifs is 1. The summed E-state index contributed by atoms with van der Waals surface area (Å²) in [5.41, 5.74) is 3.42. The number of anilines is 5. The van der Waals surface area contributed by atoms with Crippen molar-refractivity contribution in [3.8, 4) is 0 Å². The number of carboxylic acid groups (broad SMARTS) is 1. The lowest BCUT2D eigenvalue weighted by Gasteiger charge is -2.19. The summed E-state index contributed by atoms with van der Waals surface area (Å²) in [4.78, 5) is 64.0. The Balaban J connectivity index is 1.38. The molecule has 206 valence electrons. The molecule has 0 aliphatic carbocycles. The molecule has 12 nitrogen and oxygen atoms in total. The van der Waals surface area contributed by atoms with Crippen LogP contribution in [-0.2, 0) is 9.59 Å². The average Bonchev–Trinajstić information content (AvgIpc) is 3.00. The molecule has 1 aliphatic heterocycles. The molecular formula is C28H28N6O6. The van der Waals surface area contributed by atoms with E-state index >= 15 is 0 Å². The standard InChI is InChI=1S/C28H28N6O6/c1-17-5-3-4-6-22(17)32-28(40)30-19-9-7-18(8-10-19)29-27(39)31-20-11-12-23-21(15-20)26(38)34(14-13-25(36)37)16-24(35)33(23)2/h3-12,15H,13-14,16H2,1-2H3,(H,36,37)(H2,29,31,39)(H2,30,32,40). The van der Waals surface area contributed by atoms with Crippen LogP contribution in [0.2, 0.25) is 0 Å². The molecular weight excluding hydrogens is 516 g/mol. The van der Waals surface area contributed by atoms with Crippen LogP contribution < -0.4 is 26.2 Å². The molecule has 0 saturated heterocycles. The lowest BCUT2D eigenvalue weighted by atomic mass is 10.1. The minimum absolute atomic E-state index is 0.121. The van der Waals surface area contributed by atoms with Crippen LogP contribution in [0.15, 0.2) is 66.7 Å². The number of nitrogens with zero attached hydrogens (tertiary/aromatic N) is 2. The Morgan fingerprint density at radius 2 is 1.40 bits per heavy atom. The van der Waals surface area contributed by atoms with Crippen molar-refractivity contribution in [1.82, 2.24) is 4.90 Å². The van der Waals surface area contributed by atoms with Crippen molar-refractivity contribution in [2.75, 3.05) is 46.3 Å². The average molecular weight is 545 g/mol. The molecule has 40 heavy (non-hydrogen) atoms. The summed E-state index contributed by atoms with van der Waals surface area (Å²) in [7, 11) is 1.53. The van der Waals surface area contributed by atoms with Gasteiger partial charge in [-0.3, -0.25) is 14.4 Å². The van der Waals surface area contributed by atoms with Gasteiger partial charge in [-0.2, -0.15) is 0 Å². The van der Waals surface area contributed by atoms with Gasteiger partial charge in [0.1, 0.15) is 6.54 Å². The Labute approximate surface area is 230 Å². The number of carbonyl (C=O) groups excluding carboxylic acids is 4. The molecule has 12 heteroatoms. The largest absolute Gasteiger partial charge is 0.481 e. The third-order valence-electron chi connectivity index (χ3n) is 6.22. The lowest BCUT2D eigenvalue weighted by Crippen LogP contribution is -2.38. The van der Waals surface area contributed by atoms with Crippen molar-refractivity contribution in [2.45, 2.75) is 13.3 Å². The minimum Gasteiger partial charge on any atom is -0.481 e. The zero-order chi connectivity index (χ0) is 28.8. The van der Waals surface area contributed by atoms with E-state index in [9.17, 15) is 24.0 Å². The SMILES string of the molecule is Cc1ccccc1NC(=O)Nc1ccc(NC(=O)Nc2ccc3c(c2)C(=O)N(CCC(=O)O)CC(=O)N3C)cc1. The van der Waals surface area contributed by atoms with Gasteiger partial charge in [0.25, 0.3) is 5.91 Å². The maximum atomic E-state index is 13.1. The summed E-state index contributed by atoms with van der Waals surface area (Å²) >= 11 is 0. The second-order valence-electron chi connectivity index (χ2n) is 9.11. The first-order chi connectivity index (χ1) is 19.1. The van der Waals surface area contributed by atoms with Crippen molar-refractivity contribution in [3.63, 3.8) is 0 Å². The molecule has 3 aromatic carbocycles. The van der Waals surface area contributed by atoms with Gasteiger partial charge in [-0.25, -0.2) is 9.59 Å². The van der Waals surface area contributed by atoms with Crippen molar-refractivity contribution in [1.29, 1.82) is 0 Å². The molecule has 6 amide bonds. The number of aliphatic carboxylic acids is 1. The monoisotopic (exact) mass is 544 g/mol. The number of rotatable bonds is 7. The summed E-state index contributed by atoms with van der Waals surface area (Å²) in [6.07, 6.45) is -0.301. The highest BCUT2D eigenvalue weighted by Gasteiger charge is 2.30. The van der Waals surface area contributed by atoms with Crippen molar-refractivity contribution < 1.29 is 29.1 Å². The highest BCUT2D eigenvalue weighted by molar-refractivity contribution is 6.11. The van der Waals surface area contributed by atoms with E-state index in [1.807, 2.05) is 25.1 Å². The van der Waals surface area contributed by atoms with Gasteiger partial charge in [-0.1, -0.05) is 18.2 Å². The van der Waals surface area contributed by atoms with Crippen LogP contribution in [-0.4, -0.2) is 60.0 Å². The van der Waals surface area contributed by atoms with Gasteiger partial charge in [0.15, 0.2) is 0 Å². The van der Waals surface area contributed by atoms with Gasteiger partial charge in [0.05, 0.1) is 17.7 Å². The molecule has 1 heterocycles. The molecule has 0 atom stereocenters. The van der Waals surface area contributed by atoms with E-state index < -0.39 is 23.9 Å². The van der Waals surface area contributed by atoms with E-state index in [1.54, 1.807) is 42.5 Å². The van der Waals surface area contributed by atoms with Crippen molar-refractivity contribution >= 4 is 58.3 Å². The van der Waals surface area contributed by atoms with Crippen LogP contribution in [0.5, 0.6) is 0 Å². The number of nitrogens with one attached hydrogen (secondary N) is 4. The number of benzene rings is 3. The Morgan fingerprint density at radius 1 is 0.825 bits per heavy atom. The summed E-state index contributed by atoms with van der Waals surface area (Å²) in [6.45, 7) is 1.52. The fourth-order valence-electron chi connectivity index (χ4n) is 4.06. The summed E-state index contributed by atoms with van der Waals surface area (Å²) in [5.74, 6) is -1.95. The predicted octanol–water partition coefficient (Wildman–Crippen LogP) is 4.18. The van der Waals surface area contributed by atoms with E-state index in [1.165, 1.54) is 22.9 Å². The highest BCUT2D eigenvalue weighted by Crippen LogP contribution is 2.28. The first-order valence-electron chi connectivity index (χ1n) is 12.3. The summed E-state index contributed by atoms with van der Waals surface area (Å²) in [6, 6.07) is 17.5. The van der Waals surface area contributed by atoms with Crippen LogP contribution in [0.4, 0.5) is 38.0 Å². The van der Waals surface area contributed by atoms with Crippen LogP contribution >= 0.6 is 0 Å². The number of para-hydroxylation sites is 1. The number of aryl methyl sites for hydroxylation is 1. The fourth-order valence-corrected chi connectivity index (χ4v) is 4.06. The first-order valence-corrected chi connectivity index (χ1v) is 12.3. The third kappa shape index (κ3) is 6.72. The van der Waals surface area contributed by atoms with Crippen LogP contribution in [0, 0.1) is 6.92 Å². The molecule has 0 fully saturated rings. The summed E-state index contributed by atoms with van der Waals surface area (Å²) < 4.78 is 0. The van der Waals surface area contributed by atoms with Gasteiger partial charge in [0, 0.05) is 36.3 Å². The Kier molecular flexibility index (Phi) is 8.28. The second-order valence-corrected chi connectivity index (χ2v) is 9.11. The van der Waals surface area contributed by atoms with Crippen molar-refractivity contribution in [2.24, 2.45) is 0 Å². The number of hydrogen-bond acceptors (Lipinski definition) is 5. The van der Waals surface area contributed by atoms with E-state index in [0.29, 0.717) is 28.4 Å². The Hall–Kier alpha value is -5.39. The third-order valence-corrected chi connectivity index (χ3v) is 6.22. The van der Waals surface area contributed by atoms with Gasteiger partial charge >= 0.3 is 18.0 Å². The topological polar surface area (TPSA) is 160 Å². The lowest BCUT2D eigenvalue weighted by molar-refractivity contribution is -0.137. The molecule has 0 spiro atoms. The normalized spacial score (nSPS) is 12.8. The molecule has 0 saturated carbocycles. The zero-order valence-electron chi connectivity index (χ0n) is 21.9. The fraction of sp³-hybridized carbons (Fsp3) is 0.179. The van der Waals surface area contributed by atoms with Crippen molar-refractivity contribution in [3.05, 3.63) is 77.9 Å². The number of hydrogen-bond donors (Lipinski definition) is 5. The second kappa shape index (κ2) is 12.0. The highest BCUT2D eigenvalue weighted by atomic mass is 16.4. The Bertz CT molecular complexity index is 1470. The smallest absolute Gasteiger partial charge is 0.323 e. The first kappa shape index (κ1) is 27.6. The molecule has 3 aromatic rings. The molecule has 1 aliphatic rings. The number of carboxylic acids is 1. The van der Waals surface area contributed by atoms with Gasteiger partial charge in [0.2, 0.25) is 5.91 Å². The maximum absolute atomic E-state index is 13.1. The number of carbonyl (C=O) groups is 5. The quantitative estimate of drug-likeness (QED) is 0.300. The molecule has 0 bridgehead atoms. The molecule has 5 N–H and O–H groups in total. The molecule has 0 unspecified atom stereocenters. The number of likely N-dealkylation sites (N-methyl/N-ethyl adjacent to an activating group) is 1. The van der Waals surface area contributed by atoms with Crippen LogP contribution in [0.1, 0.15) is 22.3 Å². The molecule has 0 radical (unpaired) electrons.